The van der Waals surface area contributed by atoms with Gasteiger partial charge in [-0.3, -0.25) is 4.79 Å². The molecular formula is C16H22N2O3. The first-order chi connectivity index (χ1) is 9.85. The number of para-hydroxylation sites is 1. The van der Waals surface area contributed by atoms with Crippen molar-refractivity contribution >= 4 is 17.7 Å². The maximum absolute atomic E-state index is 12.0. The Bertz CT molecular complexity index is 508. The van der Waals surface area contributed by atoms with Gasteiger partial charge < -0.3 is 15.0 Å². The number of anilines is 1. The first kappa shape index (κ1) is 15.4. The number of carbonyl (C=O) groups excluding carboxylic acids is 2. The third-order valence-corrected chi connectivity index (χ3v) is 3.20. The number of nitrogens with one attached hydrogen (secondary N) is 1. The molecule has 0 aromatic heterocycles. The van der Waals surface area contributed by atoms with Crippen molar-refractivity contribution in [3.05, 3.63) is 30.3 Å². The fraction of sp³-hybridized carbons (Fsp3) is 0.500. The summed E-state index contributed by atoms with van der Waals surface area (Å²) in [6.45, 7) is 5.95. The van der Waals surface area contributed by atoms with Crippen molar-refractivity contribution in [2.24, 2.45) is 0 Å². The predicted molar refractivity (Wildman–Crippen MR) is 81.2 cm³/mol. The number of rotatable bonds is 2. The van der Waals surface area contributed by atoms with Gasteiger partial charge in [0.1, 0.15) is 5.60 Å². The molecule has 0 aliphatic carbocycles. The minimum Gasteiger partial charge on any atom is -0.444 e. The zero-order valence-electron chi connectivity index (χ0n) is 12.8. The molecule has 1 N–H and O–H groups in total. The van der Waals surface area contributed by atoms with Crippen LogP contribution in [0.15, 0.2) is 30.3 Å². The maximum atomic E-state index is 12.0. The second kappa shape index (κ2) is 6.16. The summed E-state index contributed by atoms with van der Waals surface area (Å²) in [7, 11) is 0. The molecule has 0 bridgehead atoms. The Morgan fingerprint density at radius 3 is 2.57 bits per heavy atom. The van der Waals surface area contributed by atoms with Crippen molar-refractivity contribution in [3.63, 3.8) is 0 Å². The summed E-state index contributed by atoms with van der Waals surface area (Å²) in [5.74, 6) is 0.0865. The summed E-state index contributed by atoms with van der Waals surface area (Å²) in [5, 5.41) is 2.84. The van der Waals surface area contributed by atoms with Crippen LogP contribution >= 0.6 is 0 Å². The normalized spacial score (nSPS) is 19.3. The lowest BCUT2D eigenvalue weighted by Gasteiger charge is -2.33. The van der Waals surface area contributed by atoms with E-state index in [1.54, 1.807) is 4.90 Å². The van der Waals surface area contributed by atoms with Gasteiger partial charge in [-0.05, 0) is 39.3 Å². The summed E-state index contributed by atoms with van der Waals surface area (Å²) < 4.78 is 5.25. The molecule has 5 heteroatoms. The summed E-state index contributed by atoms with van der Waals surface area (Å²) in [6, 6.07) is 9.41. The second-order valence-corrected chi connectivity index (χ2v) is 6.22. The Morgan fingerprint density at radius 1 is 1.29 bits per heavy atom. The molecule has 114 valence electrons. The van der Waals surface area contributed by atoms with Gasteiger partial charge in [0.2, 0.25) is 5.91 Å². The lowest BCUT2D eigenvalue weighted by atomic mass is 10.0. The van der Waals surface area contributed by atoms with Gasteiger partial charge in [0.05, 0.1) is 6.04 Å². The van der Waals surface area contributed by atoms with Gasteiger partial charge in [-0.1, -0.05) is 18.2 Å². The highest BCUT2D eigenvalue weighted by atomic mass is 16.6. The van der Waals surface area contributed by atoms with E-state index in [0.29, 0.717) is 19.4 Å². The number of amides is 2. The molecule has 1 aromatic rings. The van der Waals surface area contributed by atoms with Crippen LogP contribution in [0.2, 0.25) is 0 Å². The molecule has 2 amide bonds. The molecule has 0 radical (unpaired) electrons. The highest BCUT2D eigenvalue weighted by Crippen LogP contribution is 2.20. The van der Waals surface area contributed by atoms with E-state index in [-0.39, 0.29) is 11.9 Å². The Labute approximate surface area is 125 Å². The molecule has 1 heterocycles. The number of hydrogen-bond acceptors (Lipinski definition) is 3. The first-order valence-electron chi connectivity index (χ1n) is 7.20. The van der Waals surface area contributed by atoms with Crippen LogP contribution in [0.4, 0.5) is 10.5 Å². The van der Waals surface area contributed by atoms with Gasteiger partial charge in [0.25, 0.3) is 0 Å². The molecule has 0 unspecified atom stereocenters. The highest BCUT2D eigenvalue weighted by molar-refractivity contribution is 5.94. The highest BCUT2D eigenvalue weighted by Gasteiger charge is 2.28. The Kier molecular flexibility index (Phi) is 4.50. The molecule has 1 fully saturated rings. The standard InChI is InChI=1S/C16H22N2O3/c1-16(2,3)21-15(20)17-12-9-10-14(19)18(11-12)13-7-5-4-6-8-13/h4-8,12H,9-11H2,1-3H3,(H,17,20)/t12-/m0/s1. The van der Waals surface area contributed by atoms with E-state index >= 15 is 0 Å². The van der Waals surface area contributed by atoms with Crippen LogP contribution in [0.5, 0.6) is 0 Å². The van der Waals surface area contributed by atoms with E-state index in [1.807, 2.05) is 51.1 Å². The zero-order valence-corrected chi connectivity index (χ0v) is 12.8. The van der Waals surface area contributed by atoms with E-state index in [4.69, 9.17) is 4.74 Å². The van der Waals surface area contributed by atoms with Gasteiger partial charge >= 0.3 is 6.09 Å². The largest absolute Gasteiger partial charge is 0.444 e. The maximum Gasteiger partial charge on any atom is 0.407 e. The van der Waals surface area contributed by atoms with Crippen LogP contribution in [0, 0.1) is 0 Å². The molecule has 5 nitrogen and oxygen atoms in total. The van der Waals surface area contributed by atoms with Gasteiger partial charge in [0, 0.05) is 18.7 Å². The fourth-order valence-electron chi connectivity index (χ4n) is 2.30. The zero-order chi connectivity index (χ0) is 15.5. The van der Waals surface area contributed by atoms with Crippen LogP contribution in [0.25, 0.3) is 0 Å². The summed E-state index contributed by atoms with van der Waals surface area (Å²) >= 11 is 0. The number of ether oxygens (including phenoxy) is 1. The predicted octanol–water partition coefficient (Wildman–Crippen LogP) is 2.71. The number of piperidine rings is 1. The molecule has 1 aromatic carbocycles. The number of hydrogen-bond donors (Lipinski definition) is 1. The fourth-order valence-corrected chi connectivity index (χ4v) is 2.30. The smallest absolute Gasteiger partial charge is 0.407 e. The van der Waals surface area contributed by atoms with Gasteiger partial charge in [-0.15, -0.1) is 0 Å². The Hall–Kier alpha value is -2.04. The van der Waals surface area contributed by atoms with Gasteiger partial charge in [0.15, 0.2) is 0 Å². The monoisotopic (exact) mass is 290 g/mol. The molecule has 1 saturated heterocycles. The molecule has 0 spiro atoms. The average Bonchev–Trinajstić information content (AvgIpc) is 2.40. The molecule has 21 heavy (non-hydrogen) atoms. The SMILES string of the molecule is CC(C)(C)OC(=O)N[C@H]1CCC(=O)N(c2ccccc2)C1. The number of carbonyl (C=O) groups is 2. The van der Waals surface area contributed by atoms with E-state index < -0.39 is 11.7 Å². The molecule has 0 saturated carbocycles. The minimum absolute atomic E-state index is 0.0854. The number of nitrogens with zero attached hydrogens (tertiary/aromatic N) is 1. The Morgan fingerprint density at radius 2 is 1.95 bits per heavy atom. The van der Waals surface area contributed by atoms with Crippen LogP contribution in [-0.4, -0.2) is 30.2 Å². The number of benzene rings is 1. The van der Waals surface area contributed by atoms with Crippen LogP contribution in [0.3, 0.4) is 0 Å². The average molecular weight is 290 g/mol. The quantitative estimate of drug-likeness (QED) is 0.911. The van der Waals surface area contributed by atoms with Crippen molar-refractivity contribution in [1.82, 2.24) is 5.32 Å². The van der Waals surface area contributed by atoms with Gasteiger partial charge in [-0.25, -0.2) is 4.79 Å². The number of alkyl carbamates (subject to hydrolysis) is 1. The molecule has 1 aliphatic heterocycles. The topological polar surface area (TPSA) is 58.6 Å². The lowest BCUT2D eigenvalue weighted by Crippen LogP contribution is -2.51. The summed E-state index contributed by atoms with van der Waals surface area (Å²) in [5.41, 5.74) is 0.339. The summed E-state index contributed by atoms with van der Waals surface area (Å²) in [4.78, 5) is 25.6. The van der Waals surface area contributed by atoms with E-state index in [0.717, 1.165) is 5.69 Å². The van der Waals surface area contributed by atoms with Crippen molar-refractivity contribution in [2.75, 3.05) is 11.4 Å². The van der Waals surface area contributed by atoms with E-state index in [2.05, 4.69) is 5.32 Å². The van der Waals surface area contributed by atoms with Crippen LogP contribution in [0.1, 0.15) is 33.6 Å². The second-order valence-electron chi connectivity index (χ2n) is 6.22. The lowest BCUT2D eigenvalue weighted by molar-refractivity contribution is -0.119. The van der Waals surface area contributed by atoms with Crippen molar-refractivity contribution < 1.29 is 14.3 Å². The minimum atomic E-state index is -0.520. The first-order valence-corrected chi connectivity index (χ1v) is 7.20. The van der Waals surface area contributed by atoms with Crippen LogP contribution in [-0.2, 0) is 9.53 Å². The summed E-state index contributed by atoms with van der Waals surface area (Å²) in [6.07, 6.45) is 0.631. The molecule has 1 aliphatic rings. The Balaban J connectivity index is 1.98. The van der Waals surface area contributed by atoms with E-state index in [9.17, 15) is 9.59 Å². The van der Waals surface area contributed by atoms with Crippen molar-refractivity contribution in [3.8, 4) is 0 Å². The van der Waals surface area contributed by atoms with Crippen molar-refractivity contribution in [1.29, 1.82) is 0 Å². The van der Waals surface area contributed by atoms with Gasteiger partial charge in [-0.2, -0.15) is 0 Å². The third-order valence-electron chi connectivity index (χ3n) is 3.20. The van der Waals surface area contributed by atoms with Crippen LogP contribution < -0.4 is 10.2 Å². The molecular weight excluding hydrogens is 268 g/mol. The van der Waals surface area contributed by atoms with Crippen molar-refractivity contribution in [2.45, 2.75) is 45.3 Å². The molecule has 1 atom stereocenters. The third kappa shape index (κ3) is 4.48. The van der Waals surface area contributed by atoms with E-state index in [1.165, 1.54) is 0 Å². The molecule has 2 rings (SSSR count).